The molecule has 36 heavy (non-hydrogen) atoms. The molecule has 0 aromatic heterocycles. The molecular weight excluding hydrogens is 516 g/mol. The standard InChI is InChI=1S/C29H33BrN4O2/c1-21-19-24(30)20-22(2)28(21)32-29(36)34-17-15-33(16-18-34)26-13-11-25(12-14-26)31-27(35)10-6-9-23-7-4-3-5-8-23/h3-5,7-8,11-14,19-20H,6,9-10,15-18H2,1-2H3,(H,31,35)(H,32,36). The Morgan fingerprint density at radius 2 is 1.50 bits per heavy atom. The van der Waals surface area contributed by atoms with E-state index >= 15 is 0 Å². The summed E-state index contributed by atoms with van der Waals surface area (Å²) in [6.07, 6.45) is 2.23. The molecule has 2 N–H and O–H groups in total. The number of piperazine rings is 1. The van der Waals surface area contributed by atoms with E-state index in [2.05, 4.69) is 43.6 Å². The first-order valence-corrected chi connectivity index (χ1v) is 13.2. The van der Waals surface area contributed by atoms with E-state index in [1.807, 2.05) is 73.3 Å². The molecule has 3 amide bonds. The molecule has 3 aromatic rings. The first kappa shape index (κ1) is 25.8. The highest BCUT2D eigenvalue weighted by atomic mass is 79.9. The lowest BCUT2D eigenvalue weighted by Crippen LogP contribution is -2.50. The minimum atomic E-state index is -0.0616. The number of nitrogens with zero attached hydrogens (tertiary/aromatic N) is 2. The van der Waals surface area contributed by atoms with Crippen molar-refractivity contribution in [2.45, 2.75) is 33.1 Å². The predicted octanol–water partition coefficient (Wildman–Crippen LogP) is 6.38. The largest absolute Gasteiger partial charge is 0.368 e. The maximum Gasteiger partial charge on any atom is 0.321 e. The molecule has 188 valence electrons. The summed E-state index contributed by atoms with van der Waals surface area (Å²) in [6.45, 7) is 6.83. The van der Waals surface area contributed by atoms with Crippen LogP contribution in [-0.2, 0) is 11.2 Å². The number of aryl methyl sites for hydroxylation is 3. The van der Waals surface area contributed by atoms with Crippen molar-refractivity contribution in [1.82, 2.24) is 4.90 Å². The van der Waals surface area contributed by atoms with Gasteiger partial charge in [-0.25, -0.2) is 4.79 Å². The van der Waals surface area contributed by atoms with Crippen LogP contribution in [0.5, 0.6) is 0 Å². The number of nitrogens with one attached hydrogen (secondary N) is 2. The van der Waals surface area contributed by atoms with Crippen LogP contribution in [0.25, 0.3) is 0 Å². The lowest BCUT2D eigenvalue weighted by Gasteiger charge is -2.36. The number of benzene rings is 3. The van der Waals surface area contributed by atoms with E-state index in [-0.39, 0.29) is 11.9 Å². The molecule has 0 saturated carbocycles. The Balaban J connectivity index is 1.22. The fourth-order valence-electron chi connectivity index (χ4n) is 4.54. The van der Waals surface area contributed by atoms with Gasteiger partial charge in [0.2, 0.25) is 5.91 Å². The number of carbonyl (C=O) groups excluding carboxylic acids is 2. The van der Waals surface area contributed by atoms with Crippen LogP contribution in [0.3, 0.4) is 0 Å². The summed E-state index contributed by atoms with van der Waals surface area (Å²) >= 11 is 3.50. The van der Waals surface area contributed by atoms with Crippen molar-refractivity contribution >= 4 is 44.9 Å². The van der Waals surface area contributed by atoms with Gasteiger partial charge >= 0.3 is 6.03 Å². The summed E-state index contributed by atoms with van der Waals surface area (Å²) in [7, 11) is 0. The fraction of sp³-hybridized carbons (Fsp3) is 0.310. The molecule has 1 saturated heterocycles. The van der Waals surface area contributed by atoms with Gasteiger partial charge in [-0.05, 0) is 79.8 Å². The zero-order valence-electron chi connectivity index (χ0n) is 20.9. The van der Waals surface area contributed by atoms with Gasteiger partial charge in [0.15, 0.2) is 0 Å². The molecular formula is C29H33BrN4O2. The number of urea groups is 1. The number of hydrogen-bond donors (Lipinski definition) is 2. The summed E-state index contributed by atoms with van der Waals surface area (Å²) in [5, 5.41) is 6.08. The molecule has 0 radical (unpaired) electrons. The molecule has 6 nitrogen and oxygen atoms in total. The second-order valence-corrected chi connectivity index (χ2v) is 10.2. The van der Waals surface area contributed by atoms with E-state index in [0.717, 1.165) is 58.6 Å². The molecule has 4 rings (SSSR count). The minimum Gasteiger partial charge on any atom is -0.368 e. The number of halogens is 1. The van der Waals surface area contributed by atoms with Crippen LogP contribution in [0.1, 0.15) is 29.5 Å². The van der Waals surface area contributed by atoms with Crippen molar-refractivity contribution in [3.63, 3.8) is 0 Å². The molecule has 0 unspecified atom stereocenters. The Kier molecular flexibility index (Phi) is 8.65. The summed E-state index contributed by atoms with van der Waals surface area (Å²) in [5.74, 6) is 0.0366. The third kappa shape index (κ3) is 6.88. The van der Waals surface area contributed by atoms with Gasteiger partial charge in [0, 0.05) is 54.1 Å². The van der Waals surface area contributed by atoms with Crippen LogP contribution in [-0.4, -0.2) is 43.0 Å². The smallest absolute Gasteiger partial charge is 0.321 e. The third-order valence-corrected chi connectivity index (χ3v) is 6.98. The van der Waals surface area contributed by atoms with Gasteiger partial charge in [-0.1, -0.05) is 46.3 Å². The van der Waals surface area contributed by atoms with Gasteiger partial charge in [0.1, 0.15) is 0 Å². The molecule has 1 aliphatic heterocycles. The predicted molar refractivity (Wildman–Crippen MR) is 151 cm³/mol. The highest BCUT2D eigenvalue weighted by Crippen LogP contribution is 2.26. The topological polar surface area (TPSA) is 64.7 Å². The Labute approximate surface area is 221 Å². The first-order chi connectivity index (χ1) is 17.4. The molecule has 0 spiro atoms. The summed E-state index contributed by atoms with van der Waals surface area (Å²) in [5.41, 5.74) is 6.11. The monoisotopic (exact) mass is 548 g/mol. The zero-order chi connectivity index (χ0) is 25.5. The Morgan fingerprint density at radius 3 is 2.14 bits per heavy atom. The zero-order valence-corrected chi connectivity index (χ0v) is 22.5. The molecule has 1 fully saturated rings. The second kappa shape index (κ2) is 12.1. The van der Waals surface area contributed by atoms with Gasteiger partial charge in [0.25, 0.3) is 0 Å². The van der Waals surface area contributed by atoms with E-state index < -0.39 is 0 Å². The van der Waals surface area contributed by atoms with Crippen molar-refractivity contribution in [3.8, 4) is 0 Å². The summed E-state index contributed by atoms with van der Waals surface area (Å²) in [6, 6.07) is 22.2. The van der Waals surface area contributed by atoms with Crippen molar-refractivity contribution in [3.05, 3.63) is 87.9 Å². The second-order valence-electron chi connectivity index (χ2n) is 9.25. The first-order valence-electron chi connectivity index (χ1n) is 12.4. The third-order valence-electron chi connectivity index (χ3n) is 6.52. The van der Waals surface area contributed by atoms with Crippen LogP contribution in [0.2, 0.25) is 0 Å². The Bertz CT molecular complexity index is 1170. The molecule has 7 heteroatoms. The summed E-state index contributed by atoms with van der Waals surface area (Å²) in [4.78, 5) is 29.3. The number of hydrogen-bond acceptors (Lipinski definition) is 3. The van der Waals surface area contributed by atoms with Crippen molar-refractivity contribution in [2.24, 2.45) is 0 Å². The van der Waals surface area contributed by atoms with Crippen LogP contribution < -0.4 is 15.5 Å². The molecule has 0 bridgehead atoms. The number of rotatable bonds is 7. The van der Waals surface area contributed by atoms with Crippen molar-refractivity contribution in [2.75, 3.05) is 41.7 Å². The van der Waals surface area contributed by atoms with Gasteiger partial charge in [-0.15, -0.1) is 0 Å². The van der Waals surface area contributed by atoms with E-state index in [9.17, 15) is 9.59 Å². The fourth-order valence-corrected chi connectivity index (χ4v) is 5.23. The average Bonchev–Trinajstić information content (AvgIpc) is 2.87. The number of amides is 3. The van der Waals surface area contributed by atoms with E-state index in [1.165, 1.54) is 5.56 Å². The minimum absolute atomic E-state index is 0.0366. The lowest BCUT2D eigenvalue weighted by atomic mass is 10.1. The number of carbonyl (C=O) groups is 2. The summed E-state index contributed by atoms with van der Waals surface area (Å²) < 4.78 is 1.01. The molecule has 0 aliphatic carbocycles. The number of anilines is 3. The maximum absolute atomic E-state index is 12.8. The Morgan fingerprint density at radius 1 is 0.861 bits per heavy atom. The van der Waals surface area contributed by atoms with Crippen LogP contribution in [0.4, 0.5) is 21.9 Å². The van der Waals surface area contributed by atoms with Gasteiger partial charge < -0.3 is 20.4 Å². The van der Waals surface area contributed by atoms with Gasteiger partial charge in [-0.2, -0.15) is 0 Å². The van der Waals surface area contributed by atoms with E-state index in [1.54, 1.807) is 0 Å². The highest BCUT2D eigenvalue weighted by Gasteiger charge is 2.22. The molecule has 1 heterocycles. The van der Waals surface area contributed by atoms with E-state index in [0.29, 0.717) is 19.5 Å². The SMILES string of the molecule is Cc1cc(Br)cc(C)c1NC(=O)N1CCN(c2ccc(NC(=O)CCCc3ccccc3)cc2)CC1. The lowest BCUT2D eigenvalue weighted by molar-refractivity contribution is -0.116. The normalized spacial score (nSPS) is 13.4. The van der Waals surface area contributed by atoms with Crippen LogP contribution >= 0.6 is 15.9 Å². The molecule has 3 aromatic carbocycles. The van der Waals surface area contributed by atoms with Crippen LogP contribution in [0, 0.1) is 13.8 Å². The van der Waals surface area contributed by atoms with E-state index in [4.69, 9.17) is 0 Å². The average molecular weight is 550 g/mol. The molecule has 0 atom stereocenters. The van der Waals surface area contributed by atoms with Crippen LogP contribution in [0.15, 0.2) is 71.2 Å². The van der Waals surface area contributed by atoms with Gasteiger partial charge in [0.05, 0.1) is 0 Å². The van der Waals surface area contributed by atoms with Crippen molar-refractivity contribution < 1.29 is 9.59 Å². The highest BCUT2D eigenvalue weighted by molar-refractivity contribution is 9.10. The van der Waals surface area contributed by atoms with Crippen molar-refractivity contribution in [1.29, 1.82) is 0 Å². The van der Waals surface area contributed by atoms with Gasteiger partial charge in [-0.3, -0.25) is 4.79 Å². The Hall–Kier alpha value is -3.32. The molecule has 1 aliphatic rings. The maximum atomic E-state index is 12.8. The quantitative estimate of drug-likeness (QED) is 0.360.